The molecule has 0 aliphatic carbocycles. The van der Waals surface area contributed by atoms with E-state index in [4.69, 9.17) is 21.1 Å². The molecule has 140 valence electrons. The predicted molar refractivity (Wildman–Crippen MR) is 103 cm³/mol. The molecule has 0 radical (unpaired) electrons. The highest BCUT2D eigenvalue weighted by Gasteiger charge is 2.12. The van der Waals surface area contributed by atoms with Crippen LogP contribution in [0.3, 0.4) is 0 Å². The van der Waals surface area contributed by atoms with Crippen molar-refractivity contribution < 1.29 is 13.9 Å². The molecule has 0 atom stereocenters. The van der Waals surface area contributed by atoms with Crippen molar-refractivity contribution >= 4 is 17.6 Å². The number of hydrogen-bond acceptors (Lipinski definition) is 3. The van der Waals surface area contributed by atoms with E-state index in [0.29, 0.717) is 42.2 Å². The van der Waals surface area contributed by atoms with E-state index in [1.165, 1.54) is 12.1 Å². The first kappa shape index (κ1) is 19.8. The van der Waals surface area contributed by atoms with Crippen LogP contribution in [-0.2, 0) is 13.1 Å². The minimum absolute atomic E-state index is 0.261. The van der Waals surface area contributed by atoms with Gasteiger partial charge in [-0.2, -0.15) is 0 Å². The van der Waals surface area contributed by atoms with E-state index in [1.807, 2.05) is 25.1 Å². The van der Waals surface area contributed by atoms with Crippen molar-refractivity contribution in [1.82, 2.24) is 10.6 Å². The van der Waals surface area contributed by atoms with Crippen LogP contribution in [0.4, 0.5) is 4.39 Å². The van der Waals surface area contributed by atoms with Crippen LogP contribution in [0.15, 0.2) is 41.4 Å². The Kier molecular flexibility index (Phi) is 7.53. The van der Waals surface area contributed by atoms with E-state index in [1.54, 1.807) is 20.2 Å². The summed E-state index contributed by atoms with van der Waals surface area (Å²) < 4.78 is 24.1. The number of methoxy groups -OCH3 is 1. The van der Waals surface area contributed by atoms with Crippen molar-refractivity contribution in [3.8, 4) is 11.5 Å². The first-order chi connectivity index (χ1) is 12.6. The number of guanidine groups is 1. The molecule has 2 rings (SSSR count). The number of rotatable bonds is 7. The van der Waals surface area contributed by atoms with Crippen molar-refractivity contribution in [1.29, 1.82) is 0 Å². The second-order valence-electron chi connectivity index (χ2n) is 5.45. The Labute approximate surface area is 158 Å². The van der Waals surface area contributed by atoms with Crippen molar-refractivity contribution in [2.24, 2.45) is 4.99 Å². The number of hydrogen-bond donors (Lipinski definition) is 2. The molecule has 0 saturated heterocycles. The molecule has 2 N–H and O–H groups in total. The number of benzene rings is 2. The number of nitrogens with one attached hydrogen (secondary N) is 2. The summed E-state index contributed by atoms with van der Waals surface area (Å²) in [5, 5.41) is 6.82. The largest absolute Gasteiger partial charge is 0.493 e. The molecule has 7 heteroatoms. The Bertz CT molecular complexity index is 768. The van der Waals surface area contributed by atoms with Crippen LogP contribution < -0.4 is 20.1 Å². The SMILES string of the molecule is CCOc1c(Cl)cc(CNC(=NC)NCc2cccc(F)c2)cc1OC. The van der Waals surface area contributed by atoms with Gasteiger partial charge in [0.1, 0.15) is 5.82 Å². The highest BCUT2D eigenvalue weighted by molar-refractivity contribution is 6.32. The number of halogens is 2. The lowest BCUT2D eigenvalue weighted by Gasteiger charge is -2.15. The van der Waals surface area contributed by atoms with Crippen LogP contribution in [0, 0.1) is 5.82 Å². The first-order valence-corrected chi connectivity index (χ1v) is 8.63. The third kappa shape index (κ3) is 5.52. The van der Waals surface area contributed by atoms with Gasteiger partial charge in [0.15, 0.2) is 17.5 Å². The molecular weight excluding hydrogens is 357 g/mol. The van der Waals surface area contributed by atoms with Crippen LogP contribution in [-0.4, -0.2) is 26.7 Å². The highest BCUT2D eigenvalue weighted by Crippen LogP contribution is 2.36. The van der Waals surface area contributed by atoms with Crippen LogP contribution in [0.5, 0.6) is 11.5 Å². The average molecular weight is 380 g/mol. The lowest BCUT2D eigenvalue weighted by atomic mass is 10.2. The van der Waals surface area contributed by atoms with Gasteiger partial charge in [-0.1, -0.05) is 23.7 Å². The summed E-state index contributed by atoms with van der Waals surface area (Å²) in [7, 11) is 3.25. The topological polar surface area (TPSA) is 54.9 Å². The van der Waals surface area contributed by atoms with Crippen molar-refractivity contribution in [3.05, 3.63) is 58.4 Å². The van der Waals surface area contributed by atoms with E-state index in [9.17, 15) is 4.39 Å². The van der Waals surface area contributed by atoms with Crippen LogP contribution in [0.2, 0.25) is 5.02 Å². The summed E-state index contributed by atoms with van der Waals surface area (Å²) in [5.41, 5.74) is 1.75. The lowest BCUT2D eigenvalue weighted by molar-refractivity contribution is 0.311. The molecule has 0 heterocycles. The molecule has 26 heavy (non-hydrogen) atoms. The van der Waals surface area contributed by atoms with Gasteiger partial charge in [-0.15, -0.1) is 0 Å². The monoisotopic (exact) mass is 379 g/mol. The molecule has 0 aromatic heterocycles. The van der Waals surface area contributed by atoms with E-state index in [0.717, 1.165) is 11.1 Å². The van der Waals surface area contributed by atoms with Gasteiger partial charge in [-0.25, -0.2) is 4.39 Å². The fourth-order valence-corrected chi connectivity index (χ4v) is 2.69. The zero-order chi connectivity index (χ0) is 18.9. The van der Waals surface area contributed by atoms with Crippen LogP contribution in [0.25, 0.3) is 0 Å². The lowest BCUT2D eigenvalue weighted by Crippen LogP contribution is -2.36. The Hall–Kier alpha value is -2.47. The summed E-state index contributed by atoms with van der Waals surface area (Å²) >= 11 is 6.28. The van der Waals surface area contributed by atoms with Gasteiger partial charge in [0.25, 0.3) is 0 Å². The molecule has 2 aromatic carbocycles. The summed E-state index contributed by atoms with van der Waals surface area (Å²) in [6, 6.07) is 10.1. The number of ether oxygens (including phenoxy) is 2. The maximum atomic E-state index is 13.2. The summed E-state index contributed by atoms with van der Waals surface area (Å²) in [6.07, 6.45) is 0. The molecule has 0 saturated carbocycles. The quantitative estimate of drug-likeness (QED) is 0.568. The van der Waals surface area contributed by atoms with Gasteiger partial charge in [0, 0.05) is 20.1 Å². The Morgan fingerprint density at radius 2 is 1.88 bits per heavy atom. The van der Waals surface area contributed by atoms with Gasteiger partial charge >= 0.3 is 0 Å². The van der Waals surface area contributed by atoms with Gasteiger partial charge < -0.3 is 20.1 Å². The molecule has 0 amide bonds. The van der Waals surface area contributed by atoms with Crippen LogP contribution >= 0.6 is 11.6 Å². The predicted octanol–water partition coefficient (Wildman–Crippen LogP) is 3.75. The number of aliphatic imine (C=N–C) groups is 1. The first-order valence-electron chi connectivity index (χ1n) is 8.25. The maximum absolute atomic E-state index is 13.2. The molecule has 0 aliphatic heterocycles. The molecule has 0 aliphatic rings. The van der Waals surface area contributed by atoms with Crippen LogP contribution in [0.1, 0.15) is 18.1 Å². The molecule has 0 bridgehead atoms. The normalized spacial score (nSPS) is 11.2. The molecule has 0 unspecified atom stereocenters. The van der Waals surface area contributed by atoms with E-state index in [2.05, 4.69) is 15.6 Å². The van der Waals surface area contributed by atoms with Crippen molar-refractivity contribution in [2.75, 3.05) is 20.8 Å². The van der Waals surface area contributed by atoms with E-state index >= 15 is 0 Å². The molecule has 2 aromatic rings. The minimum atomic E-state index is -0.261. The van der Waals surface area contributed by atoms with E-state index < -0.39 is 0 Å². The third-order valence-corrected chi connectivity index (χ3v) is 3.89. The molecular formula is C19H23ClFN3O2. The van der Waals surface area contributed by atoms with Crippen molar-refractivity contribution in [3.63, 3.8) is 0 Å². The zero-order valence-electron chi connectivity index (χ0n) is 15.1. The molecule has 5 nitrogen and oxygen atoms in total. The van der Waals surface area contributed by atoms with Gasteiger partial charge in [0.2, 0.25) is 0 Å². The number of nitrogens with zero attached hydrogens (tertiary/aromatic N) is 1. The highest BCUT2D eigenvalue weighted by atomic mass is 35.5. The minimum Gasteiger partial charge on any atom is -0.493 e. The Morgan fingerprint density at radius 1 is 1.15 bits per heavy atom. The zero-order valence-corrected chi connectivity index (χ0v) is 15.9. The van der Waals surface area contributed by atoms with Gasteiger partial charge in [-0.3, -0.25) is 4.99 Å². The average Bonchev–Trinajstić information content (AvgIpc) is 2.63. The van der Waals surface area contributed by atoms with Gasteiger partial charge in [-0.05, 0) is 42.3 Å². The van der Waals surface area contributed by atoms with Crippen molar-refractivity contribution in [2.45, 2.75) is 20.0 Å². The van der Waals surface area contributed by atoms with E-state index in [-0.39, 0.29) is 5.82 Å². The Balaban J connectivity index is 1.98. The smallest absolute Gasteiger partial charge is 0.191 e. The second-order valence-corrected chi connectivity index (χ2v) is 5.86. The summed E-state index contributed by atoms with van der Waals surface area (Å²) in [6.45, 7) is 3.35. The standard InChI is InChI=1S/C19H23ClFN3O2/c1-4-26-18-16(20)9-14(10-17(18)25-3)12-24-19(22-2)23-11-13-6-5-7-15(21)8-13/h5-10H,4,11-12H2,1-3H3,(H2,22,23,24). The molecule has 0 spiro atoms. The maximum Gasteiger partial charge on any atom is 0.191 e. The third-order valence-electron chi connectivity index (χ3n) is 3.61. The Morgan fingerprint density at radius 3 is 2.50 bits per heavy atom. The van der Waals surface area contributed by atoms with Gasteiger partial charge in [0.05, 0.1) is 18.7 Å². The second kappa shape index (κ2) is 9.87. The molecule has 0 fully saturated rings. The summed E-state index contributed by atoms with van der Waals surface area (Å²) in [5.74, 6) is 1.45. The fourth-order valence-electron chi connectivity index (χ4n) is 2.40. The summed E-state index contributed by atoms with van der Waals surface area (Å²) in [4.78, 5) is 4.16. The fraction of sp³-hybridized carbons (Fsp3) is 0.316.